The van der Waals surface area contributed by atoms with Crippen molar-refractivity contribution in [1.82, 2.24) is 5.32 Å². The van der Waals surface area contributed by atoms with E-state index < -0.39 is 0 Å². The van der Waals surface area contributed by atoms with Gasteiger partial charge in [-0.1, -0.05) is 55.3 Å². The highest BCUT2D eigenvalue weighted by Crippen LogP contribution is 2.16. The summed E-state index contributed by atoms with van der Waals surface area (Å²) in [6, 6.07) is 8.74. The van der Waals surface area contributed by atoms with Gasteiger partial charge in [-0.05, 0) is 55.5 Å². The van der Waals surface area contributed by atoms with E-state index in [1.165, 1.54) is 24.8 Å². The Labute approximate surface area is 120 Å². The highest BCUT2D eigenvalue weighted by Gasteiger charge is 2.09. The number of halogens is 1. The molecule has 0 fully saturated rings. The quantitative estimate of drug-likeness (QED) is 0.736. The van der Waals surface area contributed by atoms with Crippen LogP contribution in [0.15, 0.2) is 28.7 Å². The number of hydrogen-bond donors (Lipinski definition) is 1. The van der Waals surface area contributed by atoms with Crippen molar-refractivity contribution in [2.75, 3.05) is 13.1 Å². The first-order valence-corrected chi connectivity index (χ1v) is 7.86. The van der Waals surface area contributed by atoms with E-state index in [-0.39, 0.29) is 0 Å². The van der Waals surface area contributed by atoms with E-state index in [9.17, 15) is 0 Å². The molecule has 0 aliphatic rings. The molecule has 102 valence electrons. The van der Waals surface area contributed by atoms with Crippen LogP contribution >= 0.6 is 15.9 Å². The maximum atomic E-state index is 3.59. The summed E-state index contributed by atoms with van der Waals surface area (Å²) in [5.41, 5.74) is 1.45. The van der Waals surface area contributed by atoms with Crippen LogP contribution in [0.2, 0.25) is 0 Å². The number of benzene rings is 1. The molecule has 1 nitrogen and oxygen atoms in total. The maximum Gasteiger partial charge on any atom is 0.0175 e. The topological polar surface area (TPSA) is 12.0 Å². The van der Waals surface area contributed by atoms with Crippen molar-refractivity contribution in [2.24, 2.45) is 11.8 Å². The Hall–Kier alpha value is -0.340. The van der Waals surface area contributed by atoms with Crippen LogP contribution < -0.4 is 5.32 Å². The lowest BCUT2D eigenvalue weighted by molar-refractivity contribution is 0.421. The standard InChI is InChI=1S/C16H26BrN/c1-4-5-15(12-18-11-13(2)3)10-14-6-8-16(17)9-7-14/h6-9,13,15,18H,4-5,10-12H2,1-3H3. The Morgan fingerprint density at radius 2 is 1.78 bits per heavy atom. The number of hydrogen-bond acceptors (Lipinski definition) is 1. The van der Waals surface area contributed by atoms with Gasteiger partial charge in [-0.2, -0.15) is 0 Å². The van der Waals surface area contributed by atoms with Crippen LogP contribution in [-0.4, -0.2) is 13.1 Å². The van der Waals surface area contributed by atoms with E-state index in [2.05, 4.69) is 66.3 Å². The number of rotatable bonds is 8. The zero-order valence-corrected chi connectivity index (χ0v) is 13.5. The van der Waals surface area contributed by atoms with Gasteiger partial charge in [0.15, 0.2) is 0 Å². The summed E-state index contributed by atoms with van der Waals surface area (Å²) in [7, 11) is 0. The Balaban J connectivity index is 2.43. The highest BCUT2D eigenvalue weighted by atomic mass is 79.9. The summed E-state index contributed by atoms with van der Waals surface area (Å²) in [5.74, 6) is 1.50. The van der Waals surface area contributed by atoms with Gasteiger partial charge in [-0.3, -0.25) is 0 Å². The second kappa shape index (κ2) is 8.71. The van der Waals surface area contributed by atoms with Crippen molar-refractivity contribution in [3.63, 3.8) is 0 Å². The smallest absolute Gasteiger partial charge is 0.0175 e. The monoisotopic (exact) mass is 311 g/mol. The Morgan fingerprint density at radius 1 is 1.11 bits per heavy atom. The fourth-order valence-electron chi connectivity index (χ4n) is 2.21. The van der Waals surface area contributed by atoms with Crippen molar-refractivity contribution in [3.05, 3.63) is 34.3 Å². The third kappa shape index (κ3) is 6.55. The zero-order valence-electron chi connectivity index (χ0n) is 11.9. The molecule has 0 bridgehead atoms. The van der Waals surface area contributed by atoms with Crippen molar-refractivity contribution < 1.29 is 0 Å². The number of nitrogens with one attached hydrogen (secondary N) is 1. The van der Waals surface area contributed by atoms with E-state index in [4.69, 9.17) is 0 Å². The van der Waals surface area contributed by atoms with Gasteiger partial charge in [0, 0.05) is 4.47 Å². The minimum absolute atomic E-state index is 0.736. The molecule has 0 amide bonds. The molecule has 0 saturated heterocycles. The van der Waals surface area contributed by atoms with E-state index in [1.54, 1.807) is 0 Å². The van der Waals surface area contributed by atoms with Crippen LogP contribution in [0, 0.1) is 11.8 Å². The van der Waals surface area contributed by atoms with Crippen LogP contribution in [0.1, 0.15) is 39.2 Å². The molecule has 2 heteroatoms. The zero-order chi connectivity index (χ0) is 13.4. The molecular weight excluding hydrogens is 286 g/mol. The molecule has 0 aliphatic carbocycles. The molecule has 0 radical (unpaired) electrons. The van der Waals surface area contributed by atoms with Crippen molar-refractivity contribution in [1.29, 1.82) is 0 Å². The van der Waals surface area contributed by atoms with Gasteiger partial charge < -0.3 is 5.32 Å². The summed E-state index contributed by atoms with van der Waals surface area (Å²) in [5, 5.41) is 3.59. The Bertz CT molecular complexity index is 318. The van der Waals surface area contributed by atoms with Gasteiger partial charge in [0.25, 0.3) is 0 Å². The van der Waals surface area contributed by atoms with Crippen molar-refractivity contribution in [2.45, 2.75) is 40.0 Å². The molecule has 1 aromatic carbocycles. The molecule has 0 aromatic heterocycles. The fourth-order valence-corrected chi connectivity index (χ4v) is 2.48. The van der Waals surface area contributed by atoms with Gasteiger partial charge in [-0.25, -0.2) is 0 Å². The summed E-state index contributed by atoms with van der Waals surface area (Å²) >= 11 is 3.49. The van der Waals surface area contributed by atoms with Crippen molar-refractivity contribution in [3.8, 4) is 0 Å². The first-order valence-electron chi connectivity index (χ1n) is 7.07. The van der Waals surface area contributed by atoms with Crippen LogP contribution in [0.3, 0.4) is 0 Å². The predicted octanol–water partition coefficient (Wildman–Crippen LogP) is 4.65. The molecule has 1 rings (SSSR count). The maximum absolute atomic E-state index is 3.59. The molecule has 1 atom stereocenters. The van der Waals surface area contributed by atoms with E-state index in [1.807, 2.05) is 0 Å². The third-order valence-corrected chi connectivity index (χ3v) is 3.65. The molecule has 0 saturated carbocycles. The van der Waals surface area contributed by atoms with E-state index in [0.717, 1.165) is 29.4 Å². The molecular formula is C16H26BrN. The van der Waals surface area contributed by atoms with Gasteiger partial charge >= 0.3 is 0 Å². The average Bonchev–Trinajstić information content (AvgIpc) is 2.32. The van der Waals surface area contributed by atoms with Crippen LogP contribution in [0.25, 0.3) is 0 Å². The molecule has 0 aliphatic heterocycles. The molecule has 1 unspecified atom stereocenters. The largest absolute Gasteiger partial charge is 0.316 e. The molecule has 18 heavy (non-hydrogen) atoms. The third-order valence-electron chi connectivity index (χ3n) is 3.12. The molecule has 0 spiro atoms. The van der Waals surface area contributed by atoms with E-state index in [0.29, 0.717) is 0 Å². The minimum Gasteiger partial charge on any atom is -0.316 e. The van der Waals surface area contributed by atoms with Gasteiger partial charge in [0.2, 0.25) is 0 Å². The van der Waals surface area contributed by atoms with Gasteiger partial charge in [0.1, 0.15) is 0 Å². The van der Waals surface area contributed by atoms with Crippen LogP contribution in [0.5, 0.6) is 0 Å². The summed E-state index contributed by atoms with van der Waals surface area (Å²) < 4.78 is 1.16. The molecule has 0 heterocycles. The summed E-state index contributed by atoms with van der Waals surface area (Å²) in [6.07, 6.45) is 3.76. The first-order chi connectivity index (χ1) is 8.61. The lowest BCUT2D eigenvalue weighted by Gasteiger charge is -2.18. The normalized spacial score (nSPS) is 12.9. The first kappa shape index (κ1) is 15.7. The second-order valence-electron chi connectivity index (χ2n) is 5.54. The SMILES string of the molecule is CCCC(CNCC(C)C)Cc1ccc(Br)cc1. The van der Waals surface area contributed by atoms with Crippen molar-refractivity contribution >= 4 is 15.9 Å². The predicted molar refractivity (Wildman–Crippen MR) is 84.0 cm³/mol. The Kier molecular flexibility index (Phi) is 7.60. The molecule has 1 aromatic rings. The summed E-state index contributed by atoms with van der Waals surface area (Å²) in [4.78, 5) is 0. The lowest BCUT2D eigenvalue weighted by Crippen LogP contribution is -2.27. The van der Waals surface area contributed by atoms with Crippen LogP contribution in [-0.2, 0) is 6.42 Å². The average molecular weight is 312 g/mol. The van der Waals surface area contributed by atoms with Crippen LogP contribution in [0.4, 0.5) is 0 Å². The van der Waals surface area contributed by atoms with E-state index >= 15 is 0 Å². The Morgan fingerprint density at radius 3 is 2.33 bits per heavy atom. The highest BCUT2D eigenvalue weighted by molar-refractivity contribution is 9.10. The second-order valence-corrected chi connectivity index (χ2v) is 6.45. The lowest BCUT2D eigenvalue weighted by atomic mass is 9.95. The van der Waals surface area contributed by atoms with Gasteiger partial charge in [0.05, 0.1) is 0 Å². The minimum atomic E-state index is 0.736. The molecule has 1 N–H and O–H groups in total. The van der Waals surface area contributed by atoms with Gasteiger partial charge in [-0.15, -0.1) is 0 Å². The fraction of sp³-hybridized carbons (Fsp3) is 0.625. The summed E-state index contributed by atoms with van der Waals surface area (Å²) in [6.45, 7) is 9.06.